The first-order valence-corrected chi connectivity index (χ1v) is 9.91. The van der Waals surface area contributed by atoms with Gasteiger partial charge >= 0.3 is 0 Å². The van der Waals surface area contributed by atoms with Gasteiger partial charge in [-0.2, -0.15) is 0 Å². The Kier molecular flexibility index (Phi) is 5.79. The van der Waals surface area contributed by atoms with Crippen molar-refractivity contribution >= 4 is 28.3 Å². The Morgan fingerprint density at radius 1 is 0.893 bits per heavy atom. The van der Waals surface area contributed by atoms with E-state index in [0.717, 1.165) is 54.3 Å². The van der Waals surface area contributed by atoms with Gasteiger partial charge in [-0.3, -0.25) is 9.69 Å². The van der Waals surface area contributed by atoms with Crippen LogP contribution in [0.5, 0.6) is 5.75 Å². The van der Waals surface area contributed by atoms with E-state index in [9.17, 15) is 4.79 Å². The molecule has 4 nitrogen and oxygen atoms in total. The molecular formula is C23H23ClN2O2. The van der Waals surface area contributed by atoms with E-state index in [0.29, 0.717) is 0 Å². The average molecular weight is 395 g/mol. The molecule has 1 amide bonds. The number of hydrogen-bond donors (Lipinski definition) is 0. The van der Waals surface area contributed by atoms with Crippen LogP contribution in [0.4, 0.5) is 0 Å². The monoisotopic (exact) mass is 394 g/mol. The minimum Gasteiger partial charge on any atom is -0.484 e. The lowest BCUT2D eigenvalue weighted by atomic mass is 10.1. The van der Waals surface area contributed by atoms with Crippen molar-refractivity contribution < 1.29 is 9.53 Å². The Balaban J connectivity index is 1.26. The van der Waals surface area contributed by atoms with Gasteiger partial charge in [0.2, 0.25) is 0 Å². The lowest BCUT2D eigenvalue weighted by Crippen LogP contribution is -2.49. The van der Waals surface area contributed by atoms with Crippen LogP contribution < -0.4 is 4.74 Å². The summed E-state index contributed by atoms with van der Waals surface area (Å²) in [5, 5.41) is 3.04. The summed E-state index contributed by atoms with van der Waals surface area (Å²) in [6.45, 7) is 4.09. The van der Waals surface area contributed by atoms with E-state index < -0.39 is 0 Å². The fourth-order valence-electron chi connectivity index (χ4n) is 3.54. The average Bonchev–Trinajstić information content (AvgIpc) is 2.72. The number of fused-ring (bicyclic) bond motifs is 1. The number of carbonyl (C=O) groups is 1. The summed E-state index contributed by atoms with van der Waals surface area (Å²) in [6.07, 6.45) is 0. The molecule has 1 heterocycles. The topological polar surface area (TPSA) is 32.8 Å². The van der Waals surface area contributed by atoms with Crippen molar-refractivity contribution in [1.82, 2.24) is 9.80 Å². The summed E-state index contributed by atoms with van der Waals surface area (Å²) in [5.74, 6) is 0.766. The minimum atomic E-state index is 0.0376. The van der Waals surface area contributed by atoms with Crippen LogP contribution >= 0.6 is 11.6 Å². The highest BCUT2D eigenvalue weighted by atomic mass is 35.5. The SMILES string of the molecule is O=C(COc1ccc2ccccc2c1)N1CCN(Cc2cccc(Cl)c2)CC1. The quantitative estimate of drug-likeness (QED) is 0.649. The predicted molar refractivity (Wildman–Crippen MR) is 113 cm³/mol. The van der Waals surface area contributed by atoms with Crippen LogP contribution in [0, 0.1) is 0 Å². The van der Waals surface area contributed by atoms with Gasteiger partial charge in [-0.05, 0) is 40.6 Å². The maximum Gasteiger partial charge on any atom is 0.260 e. The second-order valence-corrected chi connectivity index (χ2v) is 7.52. The standard InChI is InChI=1S/C23H23ClN2O2/c24-21-7-3-4-18(14-21)16-25-10-12-26(13-11-25)23(27)17-28-22-9-8-19-5-1-2-6-20(19)15-22/h1-9,14-15H,10-13,16-17H2. The largest absolute Gasteiger partial charge is 0.484 e. The first kappa shape index (κ1) is 18.8. The maximum absolute atomic E-state index is 12.5. The third kappa shape index (κ3) is 4.64. The Labute approximate surface area is 170 Å². The lowest BCUT2D eigenvalue weighted by Gasteiger charge is -2.34. The summed E-state index contributed by atoms with van der Waals surface area (Å²) in [7, 11) is 0. The zero-order valence-corrected chi connectivity index (χ0v) is 16.4. The number of halogens is 1. The summed E-state index contributed by atoms with van der Waals surface area (Å²) in [5.41, 5.74) is 1.20. The molecule has 1 saturated heterocycles. The molecule has 28 heavy (non-hydrogen) atoms. The van der Waals surface area contributed by atoms with Crippen LogP contribution in [-0.4, -0.2) is 48.5 Å². The highest BCUT2D eigenvalue weighted by molar-refractivity contribution is 6.30. The van der Waals surface area contributed by atoms with Crippen LogP contribution in [0.2, 0.25) is 5.02 Å². The van der Waals surface area contributed by atoms with Crippen molar-refractivity contribution in [2.24, 2.45) is 0 Å². The van der Waals surface area contributed by atoms with Crippen LogP contribution in [0.3, 0.4) is 0 Å². The fraction of sp³-hybridized carbons (Fsp3) is 0.261. The van der Waals surface area contributed by atoms with E-state index >= 15 is 0 Å². The van der Waals surface area contributed by atoms with E-state index in [1.165, 1.54) is 5.56 Å². The molecule has 0 unspecified atom stereocenters. The van der Waals surface area contributed by atoms with E-state index in [4.69, 9.17) is 16.3 Å². The summed E-state index contributed by atoms with van der Waals surface area (Å²) in [4.78, 5) is 16.7. The Hall–Kier alpha value is -2.56. The van der Waals surface area contributed by atoms with Crippen molar-refractivity contribution in [1.29, 1.82) is 0 Å². The van der Waals surface area contributed by atoms with Gasteiger partial charge in [0.15, 0.2) is 6.61 Å². The number of amides is 1. The molecule has 0 aliphatic carbocycles. The van der Waals surface area contributed by atoms with Gasteiger partial charge in [0.05, 0.1) is 0 Å². The number of piperazine rings is 1. The molecule has 4 rings (SSSR count). The van der Waals surface area contributed by atoms with Crippen molar-refractivity contribution in [3.05, 3.63) is 77.3 Å². The van der Waals surface area contributed by atoms with Gasteiger partial charge in [0.1, 0.15) is 5.75 Å². The van der Waals surface area contributed by atoms with E-state index in [1.54, 1.807) is 0 Å². The van der Waals surface area contributed by atoms with Gasteiger partial charge in [0, 0.05) is 37.7 Å². The third-order valence-electron chi connectivity index (χ3n) is 5.10. The Bertz CT molecular complexity index is 967. The predicted octanol–water partition coefficient (Wildman–Crippen LogP) is 4.22. The van der Waals surface area contributed by atoms with E-state index in [-0.39, 0.29) is 12.5 Å². The number of rotatable bonds is 5. The first-order valence-electron chi connectivity index (χ1n) is 9.53. The normalized spacial score (nSPS) is 15.0. The van der Waals surface area contributed by atoms with Gasteiger partial charge in [-0.25, -0.2) is 0 Å². The fourth-order valence-corrected chi connectivity index (χ4v) is 3.76. The van der Waals surface area contributed by atoms with E-state index in [2.05, 4.69) is 17.0 Å². The molecule has 3 aromatic rings. The lowest BCUT2D eigenvalue weighted by molar-refractivity contribution is -0.135. The Morgan fingerprint density at radius 3 is 2.46 bits per heavy atom. The second-order valence-electron chi connectivity index (χ2n) is 7.08. The van der Waals surface area contributed by atoms with Crippen LogP contribution in [0.1, 0.15) is 5.56 Å². The number of carbonyl (C=O) groups excluding carboxylic acids is 1. The molecule has 1 aliphatic rings. The molecule has 0 saturated carbocycles. The highest BCUT2D eigenvalue weighted by Gasteiger charge is 2.21. The molecule has 144 valence electrons. The zero-order chi connectivity index (χ0) is 19.3. The molecule has 3 aromatic carbocycles. The number of benzene rings is 3. The van der Waals surface area contributed by atoms with Gasteiger partial charge in [0.25, 0.3) is 5.91 Å². The zero-order valence-electron chi connectivity index (χ0n) is 15.7. The second kappa shape index (κ2) is 8.63. The van der Waals surface area contributed by atoms with Crippen LogP contribution in [-0.2, 0) is 11.3 Å². The third-order valence-corrected chi connectivity index (χ3v) is 5.34. The molecule has 1 fully saturated rings. The van der Waals surface area contributed by atoms with Gasteiger partial charge in [-0.15, -0.1) is 0 Å². The Morgan fingerprint density at radius 2 is 1.68 bits per heavy atom. The number of ether oxygens (including phenoxy) is 1. The summed E-state index contributed by atoms with van der Waals surface area (Å²) in [6, 6.07) is 22.0. The van der Waals surface area contributed by atoms with Crippen molar-refractivity contribution in [2.45, 2.75) is 6.54 Å². The first-order chi connectivity index (χ1) is 13.7. The van der Waals surface area contributed by atoms with Gasteiger partial charge in [-0.1, -0.05) is 54.1 Å². The van der Waals surface area contributed by atoms with E-state index in [1.807, 2.05) is 59.5 Å². The number of nitrogens with zero attached hydrogens (tertiary/aromatic N) is 2. The summed E-state index contributed by atoms with van der Waals surface area (Å²) >= 11 is 6.06. The molecule has 0 atom stereocenters. The van der Waals surface area contributed by atoms with Crippen molar-refractivity contribution in [2.75, 3.05) is 32.8 Å². The van der Waals surface area contributed by atoms with Gasteiger partial charge < -0.3 is 9.64 Å². The number of hydrogen-bond acceptors (Lipinski definition) is 3. The van der Waals surface area contributed by atoms with Crippen LogP contribution in [0.15, 0.2) is 66.7 Å². The molecule has 0 aromatic heterocycles. The van der Waals surface area contributed by atoms with Crippen LogP contribution in [0.25, 0.3) is 10.8 Å². The molecule has 5 heteroatoms. The summed E-state index contributed by atoms with van der Waals surface area (Å²) < 4.78 is 5.75. The maximum atomic E-state index is 12.5. The molecule has 0 bridgehead atoms. The molecule has 0 radical (unpaired) electrons. The molecule has 0 spiro atoms. The minimum absolute atomic E-state index is 0.0376. The highest BCUT2D eigenvalue weighted by Crippen LogP contribution is 2.20. The molecule has 0 N–H and O–H groups in total. The smallest absolute Gasteiger partial charge is 0.260 e. The molecule has 1 aliphatic heterocycles. The van der Waals surface area contributed by atoms with Crippen molar-refractivity contribution in [3.63, 3.8) is 0 Å². The molecular weight excluding hydrogens is 372 g/mol. The van der Waals surface area contributed by atoms with Crippen molar-refractivity contribution in [3.8, 4) is 5.75 Å².